The van der Waals surface area contributed by atoms with E-state index in [-0.39, 0.29) is 5.56 Å². The van der Waals surface area contributed by atoms with Crippen molar-refractivity contribution in [3.8, 4) is 5.75 Å². The maximum atomic E-state index is 12.2. The fourth-order valence-electron chi connectivity index (χ4n) is 2.28. The molecule has 1 heterocycles. The minimum Gasteiger partial charge on any atom is -0.493 e. The van der Waals surface area contributed by atoms with Crippen molar-refractivity contribution in [2.45, 2.75) is 13.3 Å². The topological polar surface area (TPSA) is 80.6 Å². The molecule has 0 unspecified atom stereocenters. The lowest BCUT2D eigenvalue weighted by Gasteiger charge is -2.08. The molecule has 0 aliphatic heterocycles. The molecule has 2 aromatic carbocycles. The van der Waals surface area contributed by atoms with Crippen LogP contribution in [0.1, 0.15) is 23.7 Å². The smallest absolute Gasteiger partial charge is 0.349 e. The van der Waals surface area contributed by atoms with Crippen LogP contribution in [0, 0.1) is 0 Å². The Balaban J connectivity index is 1.80. The summed E-state index contributed by atoms with van der Waals surface area (Å²) in [5, 5.41) is 0.647. The van der Waals surface area contributed by atoms with Gasteiger partial charge in [-0.2, -0.15) is 0 Å². The molecule has 25 heavy (non-hydrogen) atoms. The van der Waals surface area contributed by atoms with Crippen LogP contribution in [-0.2, 0) is 0 Å². The van der Waals surface area contributed by atoms with Gasteiger partial charge in [-0.15, -0.1) is 0 Å². The summed E-state index contributed by atoms with van der Waals surface area (Å²) in [7, 11) is 0. The Morgan fingerprint density at radius 2 is 1.92 bits per heavy atom. The fourth-order valence-corrected chi connectivity index (χ4v) is 2.28. The molecule has 0 spiro atoms. The average Bonchev–Trinajstić information content (AvgIpc) is 2.64. The number of hydrogen-bond acceptors (Lipinski definition) is 5. The van der Waals surface area contributed by atoms with Gasteiger partial charge in [0, 0.05) is 11.5 Å². The molecule has 128 valence electrons. The monoisotopic (exact) mass is 338 g/mol. The van der Waals surface area contributed by atoms with Crippen LogP contribution in [0.25, 0.3) is 11.0 Å². The van der Waals surface area contributed by atoms with E-state index in [1.54, 1.807) is 30.3 Å². The first-order chi connectivity index (χ1) is 12.2. The van der Waals surface area contributed by atoms with Gasteiger partial charge in [0.15, 0.2) is 0 Å². The van der Waals surface area contributed by atoms with Crippen molar-refractivity contribution >= 4 is 22.6 Å². The number of carbonyl (C=O) groups is 1. The lowest BCUT2D eigenvalue weighted by Crippen LogP contribution is -2.32. The summed E-state index contributed by atoms with van der Waals surface area (Å²) in [4.78, 5) is 24.3. The highest BCUT2D eigenvalue weighted by Gasteiger charge is 2.14. The highest BCUT2D eigenvalue weighted by molar-refractivity contribution is 5.97. The maximum Gasteiger partial charge on any atom is 0.349 e. The Bertz CT molecular complexity index is 935. The van der Waals surface area contributed by atoms with Gasteiger partial charge < -0.3 is 9.15 Å². The molecule has 6 heteroatoms. The number of hydrazine groups is 1. The zero-order valence-corrected chi connectivity index (χ0v) is 13.7. The van der Waals surface area contributed by atoms with Crippen LogP contribution in [-0.4, -0.2) is 12.5 Å². The van der Waals surface area contributed by atoms with E-state index in [0.717, 1.165) is 6.42 Å². The van der Waals surface area contributed by atoms with Gasteiger partial charge in [-0.25, -0.2) is 4.79 Å². The molecule has 1 aromatic heterocycles. The second-order valence-electron chi connectivity index (χ2n) is 5.44. The van der Waals surface area contributed by atoms with Gasteiger partial charge in [0.2, 0.25) is 0 Å². The summed E-state index contributed by atoms with van der Waals surface area (Å²) in [6.45, 7) is 2.59. The van der Waals surface area contributed by atoms with Gasteiger partial charge in [0.1, 0.15) is 16.9 Å². The first-order valence-electron chi connectivity index (χ1n) is 7.99. The minimum atomic E-state index is -0.701. The summed E-state index contributed by atoms with van der Waals surface area (Å²) in [5.74, 6) is 0.0614. The molecule has 0 bridgehead atoms. The molecule has 6 nitrogen and oxygen atoms in total. The lowest BCUT2D eigenvalue weighted by molar-refractivity contribution is 0.0959. The molecule has 3 rings (SSSR count). The standard InChI is InChI=1S/C19H18N2O4/c1-2-10-24-15-9-8-13-11-16(19(23)25-17(13)12-15)18(22)21-20-14-6-4-3-5-7-14/h3-9,11-12,20H,2,10H2,1H3,(H,21,22). The number of carbonyl (C=O) groups excluding carboxylic acids is 1. The summed E-state index contributed by atoms with van der Waals surface area (Å²) < 4.78 is 10.8. The summed E-state index contributed by atoms with van der Waals surface area (Å²) in [6.07, 6.45) is 0.884. The van der Waals surface area contributed by atoms with E-state index in [4.69, 9.17) is 9.15 Å². The van der Waals surface area contributed by atoms with Gasteiger partial charge in [0.25, 0.3) is 5.91 Å². The van der Waals surface area contributed by atoms with Crippen LogP contribution in [0.3, 0.4) is 0 Å². The SMILES string of the molecule is CCCOc1ccc2cc(C(=O)NNc3ccccc3)c(=O)oc2c1. The van der Waals surface area contributed by atoms with E-state index < -0.39 is 11.5 Å². The number of ether oxygens (including phenoxy) is 1. The first-order valence-corrected chi connectivity index (χ1v) is 7.99. The van der Waals surface area contributed by atoms with E-state index in [2.05, 4.69) is 10.9 Å². The van der Waals surface area contributed by atoms with E-state index >= 15 is 0 Å². The van der Waals surface area contributed by atoms with Crippen LogP contribution in [0.15, 0.2) is 63.8 Å². The van der Waals surface area contributed by atoms with E-state index in [9.17, 15) is 9.59 Å². The number of amides is 1. The third-order valence-electron chi connectivity index (χ3n) is 3.52. The van der Waals surface area contributed by atoms with Crippen LogP contribution in [0.4, 0.5) is 5.69 Å². The second kappa shape index (κ2) is 7.53. The van der Waals surface area contributed by atoms with Crippen LogP contribution in [0.5, 0.6) is 5.75 Å². The third kappa shape index (κ3) is 3.98. The van der Waals surface area contributed by atoms with Gasteiger partial charge in [-0.05, 0) is 36.8 Å². The van der Waals surface area contributed by atoms with Gasteiger partial charge in [-0.1, -0.05) is 25.1 Å². The predicted molar refractivity (Wildman–Crippen MR) is 95.8 cm³/mol. The molecule has 0 radical (unpaired) electrons. The van der Waals surface area contributed by atoms with Crippen molar-refractivity contribution in [3.05, 3.63) is 70.6 Å². The molecule has 0 atom stereocenters. The Morgan fingerprint density at radius 1 is 1.12 bits per heavy atom. The second-order valence-corrected chi connectivity index (χ2v) is 5.44. The lowest BCUT2D eigenvalue weighted by atomic mass is 10.1. The van der Waals surface area contributed by atoms with Crippen LogP contribution in [0.2, 0.25) is 0 Å². The molecule has 2 N–H and O–H groups in total. The normalized spacial score (nSPS) is 10.4. The van der Waals surface area contributed by atoms with Crippen molar-refractivity contribution in [1.29, 1.82) is 0 Å². The summed E-state index contributed by atoms with van der Waals surface area (Å²) >= 11 is 0. The van der Waals surface area contributed by atoms with Gasteiger partial charge in [-0.3, -0.25) is 15.6 Å². The predicted octanol–water partition coefficient (Wildman–Crippen LogP) is 3.34. The fraction of sp³-hybridized carbons (Fsp3) is 0.158. The largest absolute Gasteiger partial charge is 0.493 e. The van der Waals surface area contributed by atoms with Crippen molar-refractivity contribution < 1.29 is 13.9 Å². The Morgan fingerprint density at radius 3 is 2.68 bits per heavy atom. The Hall–Kier alpha value is -3.28. The number of hydrogen-bond donors (Lipinski definition) is 2. The van der Waals surface area contributed by atoms with Crippen molar-refractivity contribution in [3.63, 3.8) is 0 Å². The Kier molecular flexibility index (Phi) is 4.99. The molecule has 1 amide bonds. The molecular formula is C19H18N2O4. The minimum absolute atomic E-state index is 0.0712. The van der Waals surface area contributed by atoms with E-state index in [1.165, 1.54) is 6.07 Å². The average molecular weight is 338 g/mol. The zero-order valence-electron chi connectivity index (χ0n) is 13.7. The highest BCUT2D eigenvalue weighted by Crippen LogP contribution is 2.20. The summed E-state index contributed by atoms with van der Waals surface area (Å²) in [5.41, 5.74) is 5.55. The number of rotatable bonds is 6. The molecule has 0 aliphatic carbocycles. The van der Waals surface area contributed by atoms with Crippen LogP contribution >= 0.6 is 0 Å². The van der Waals surface area contributed by atoms with Gasteiger partial charge in [0.05, 0.1) is 12.3 Å². The third-order valence-corrected chi connectivity index (χ3v) is 3.52. The van der Waals surface area contributed by atoms with Crippen molar-refractivity contribution in [2.75, 3.05) is 12.0 Å². The molecule has 0 saturated heterocycles. The van der Waals surface area contributed by atoms with E-state index in [1.807, 2.05) is 25.1 Å². The number of para-hydroxylation sites is 1. The quantitative estimate of drug-likeness (QED) is 0.532. The van der Waals surface area contributed by atoms with Crippen molar-refractivity contribution in [1.82, 2.24) is 5.43 Å². The molecule has 0 saturated carbocycles. The van der Waals surface area contributed by atoms with Gasteiger partial charge >= 0.3 is 5.63 Å². The summed E-state index contributed by atoms with van der Waals surface area (Å²) in [6, 6.07) is 15.8. The number of nitrogens with one attached hydrogen (secondary N) is 2. The van der Waals surface area contributed by atoms with Crippen LogP contribution < -0.4 is 21.2 Å². The molecule has 3 aromatic rings. The number of fused-ring (bicyclic) bond motifs is 1. The first kappa shape index (κ1) is 16.6. The van der Waals surface area contributed by atoms with Crippen molar-refractivity contribution in [2.24, 2.45) is 0 Å². The zero-order chi connectivity index (χ0) is 17.6. The maximum absolute atomic E-state index is 12.2. The number of benzene rings is 2. The Labute approximate surface area is 144 Å². The molecule has 0 aliphatic rings. The van der Waals surface area contributed by atoms with E-state index in [0.29, 0.717) is 29.0 Å². The highest BCUT2D eigenvalue weighted by atomic mass is 16.5. The molecule has 0 fully saturated rings. The molecular weight excluding hydrogens is 320 g/mol. The number of anilines is 1.